The number of nitrogens with zero attached hydrogens (tertiary/aromatic N) is 2. The number of hydrogen-bond donors (Lipinski definition) is 1. The van der Waals surface area contributed by atoms with Crippen molar-refractivity contribution in [1.29, 1.82) is 0 Å². The normalized spacial score (nSPS) is 21.9. The average molecular weight is 181 g/mol. The third kappa shape index (κ3) is 1.54. The zero-order chi connectivity index (χ0) is 9.26. The zero-order valence-corrected chi connectivity index (χ0v) is 7.41. The summed E-state index contributed by atoms with van der Waals surface area (Å²) in [6.07, 6.45) is 2.03. The second kappa shape index (κ2) is 3.16. The van der Waals surface area contributed by atoms with E-state index >= 15 is 0 Å². The Morgan fingerprint density at radius 2 is 2.46 bits per heavy atom. The van der Waals surface area contributed by atoms with Gasteiger partial charge in [0.05, 0.1) is 0 Å². The molecule has 0 aromatic carbocycles. The van der Waals surface area contributed by atoms with Gasteiger partial charge in [-0.25, -0.2) is 0 Å². The maximum absolute atomic E-state index is 10.9. The number of hydrogen-bond acceptors (Lipinski definition) is 4. The Morgan fingerprint density at radius 3 is 3.00 bits per heavy atom. The number of nitrogens with one attached hydrogen (secondary N) is 1. The SMILES string of the molecule is CCc1nnc(C2CCC(=O)N2)o1. The van der Waals surface area contributed by atoms with Gasteiger partial charge in [0.2, 0.25) is 17.7 Å². The Kier molecular flexibility index (Phi) is 2.00. The van der Waals surface area contributed by atoms with Crippen molar-refractivity contribution in [3.63, 3.8) is 0 Å². The molecular formula is C8H11N3O2. The third-order valence-electron chi connectivity index (χ3n) is 2.08. The van der Waals surface area contributed by atoms with Gasteiger partial charge in [-0.15, -0.1) is 10.2 Å². The number of rotatable bonds is 2. The molecule has 0 aliphatic carbocycles. The monoisotopic (exact) mass is 181 g/mol. The van der Waals surface area contributed by atoms with E-state index in [0.717, 1.165) is 12.8 Å². The zero-order valence-electron chi connectivity index (χ0n) is 7.41. The van der Waals surface area contributed by atoms with Crippen LogP contribution in [0.15, 0.2) is 4.42 Å². The van der Waals surface area contributed by atoms with Crippen LogP contribution >= 0.6 is 0 Å². The minimum absolute atomic E-state index is 0.0567. The molecule has 70 valence electrons. The first-order valence-electron chi connectivity index (χ1n) is 4.41. The fraction of sp³-hybridized carbons (Fsp3) is 0.625. The molecule has 5 heteroatoms. The second-order valence-electron chi connectivity index (χ2n) is 3.05. The van der Waals surface area contributed by atoms with E-state index in [1.165, 1.54) is 0 Å². The summed E-state index contributed by atoms with van der Waals surface area (Å²) >= 11 is 0. The fourth-order valence-electron chi connectivity index (χ4n) is 1.35. The van der Waals surface area contributed by atoms with Crippen LogP contribution in [0.4, 0.5) is 0 Å². The van der Waals surface area contributed by atoms with Crippen LogP contribution in [-0.4, -0.2) is 16.1 Å². The predicted molar refractivity (Wildman–Crippen MR) is 43.8 cm³/mol. The Morgan fingerprint density at radius 1 is 1.62 bits per heavy atom. The number of aromatic nitrogens is 2. The number of aryl methyl sites for hydroxylation is 1. The summed E-state index contributed by atoms with van der Waals surface area (Å²) in [5, 5.41) is 10.5. The van der Waals surface area contributed by atoms with Gasteiger partial charge in [0.1, 0.15) is 6.04 Å². The van der Waals surface area contributed by atoms with E-state index in [0.29, 0.717) is 18.2 Å². The van der Waals surface area contributed by atoms with E-state index in [1.807, 2.05) is 6.92 Å². The molecule has 1 amide bonds. The molecule has 5 nitrogen and oxygen atoms in total. The average Bonchev–Trinajstić information content (AvgIpc) is 2.71. The minimum atomic E-state index is -0.0692. The van der Waals surface area contributed by atoms with Gasteiger partial charge in [-0.3, -0.25) is 4.79 Å². The molecule has 0 spiro atoms. The van der Waals surface area contributed by atoms with Crippen LogP contribution in [0.1, 0.15) is 37.6 Å². The quantitative estimate of drug-likeness (QED) is 0.724. The van der Waals surface area contributed by atoms with Gasteiger partial charge in [-0.05, 0) is 6.42 Å². The van der Waals surface area contributed by atoms with Gasteiger partial charge in [-0.2, -0.15) is 0 Å². The molecule has 2 rings (SSSR count). The van der Waals surface area contributed by atoms with Crippen molar-refractivity contribution in [1.82, 2.24) is 15.5 Å². The molecule has 1 atom stereocenters. The van der Waals surface area contributed by atoms with Crippen molar-refractivity contribution < 1.29 is 9.21 Å². The lowest BCUT2D eigenvalue weighted by atomic mass is 10.2. The van der Waals surface area contributed by atoms with Crippen LogP contribution < -0.4 is 5.32 Å². The third-order valence-corrected chi connectivity index (χ3v) is 2.08. The Hall–Kier alpha value is -1.39. The number of carbonyl (C=O) groups is 1. The standard InChI is InChI=1S/C8H11N3O2/c1-2-7-10-11-8(13-7)5-3-4-6(12)9-5/h5H,2-4H2,1H3,(H,9,12). The smallest absolute Gasteiger partial charge is 0.238 e. The van der Waals surface area contributed by atoms with Gasteiger partial charge < -0.3 is 9.73 Å². The molecule has 1 N–H and O–H groups in total. The summed E-state index contributed by atoms with van der Waals surface area (Å²) in [7, 11) is 0. The van der Waals surface area contributed by atoms with E-state index in [4.69, 9.17) is 4.42 Å². The second-order valence-corrected chi connectivity index (χ2v) is 3.05. The number of carbonyl (C=O) groups excluding carboxylic acids is 1. The Labute approximate surface area is 75.5 Å². The molecule has 0 bridgehead atoms. The molecule has 1 aromatic rings. The first-order valence-corrected chi connectivity index (χ1v) is 4.41. The van der Waals surface area contributed by atoms with Gasteiger partial charge in [0.25, 0.3) is 0 Å². The fourth-order valence-corrected chi connectivity index (χ4v) is 1.35. The first-order chi connectivity index (χ1) is 6.29. The molecule has 1 aromatic heterocycles. The van der Waals surface area contributed by atoms with E-state index < -0.39 is 0 Å². The Bertz CT molecular complexity index is 321. The molecule has 0 saturated carbocycles. The Balaban J connectivity index is 2.12. The van der Waals surface area contributed by atoms with Crippen LogP contribution in [0.2, 0.25) is 0 Å². The van der Waals surface area contributed by atoms with Crippen LogP contribution in [0, 0.1) is 0 Å². The molecule has 13 heavy (non-hydrogen) atoms. The lowest BCUT2D eigenvalue weighted by molar-refractivity contribution is -0.119. The summed E-state index contributed by atoms with van der Waals surface area (Å²) in [6.45, 7) is 1.95. The van der Waals surface area contributed by atoms with Gasteiger partial charge in [-0.1, -0.05) is 6.92 Å². The van der Waals surface area contributed by atoms with Gasteiger partial charge in [0, 0.05) is 12.8 Å². The summed E-state index contributed by atoms with van der Waals surface area (Å²) in [5.74, 6) is 1.21. The van der Waals surface area contributed by atoms with Crippen molar-refractivity contribution in [2.24, 2.45) is 0 Å². The maximum atomic E-state index is 10.9. The van der Waals surface area contributed by atoms with E-state index in [2.05, 4.69) is 15.5 Å². The van der Waals surface area contributed by atoms with Crippen LogP contribution in [0.5, 0.6) is 0 Å². The minimum Gasteiger partial charge on any atom is -0.423 e. The van der Waals surface area contributed by atoms with Crippen molar-refractivity contribution >= 4 is 5.91 Å². The summed E-state index contributed by atoms with van der Waals surface area (Å²) < 4.78 is 5.33. The molecule has 1 aliphatic rings. The van der Waals surface area contributed by atoms with Crippen molar-refractivity contribution in [3.8, 4) is 0 Å². The maximum Gasteiger partial charge on any atom is 0.238 e. The topological polar surface area (TPSA) is 68.0 Å². The molecular weight excluding hydrogens is 170 g/mol. The van der Waals surface area contributed by atoms with E-state index in [9.17, 15) is 4.79 Å². The lowest BCUT2D eigenvalue weighted by Crippen LogP contribution is -2.18. The summed E-state index contributed by atoms with van der Waals surface area (Å²) in [4.78, 5) is 10.9. The van der Waals surface area contributed by atoms with Gasteiger partial charge in [0.15, 0.2) is 0 Å². The molecule has 1 fully saturated rings. The first kappa shape index (κ1) is 8.22. The van der Waals surface area contributed by atoms with Crippen LogP contribution in [-0.2, 0) is 11.2 Å². The van der Waals surface area contributed by atoms with E-state index in [-0.39, 0.29) is 11.9 Å². The molecule has 0 radical (unpaired) electrons. The molecule has 1 aliphatic heterocycles. The van der Waals surface area contributed by atoms with Crippen molar-refractivity contribution in [2.75, 3.05) is 0 Å². The van der Waals surface area contributed by atoms with Crippen LogP contribution in [0.3, 0.4) is 0 Å². The van der Waals surface area contributed by atoms with Crippen molar-refractivity contribution in [2.45, 2.75) is 32.2 Å². The highest BCUT2D eigenvalue weighted by molar-refractivity contribution is 5.78. The highest BCUT2D eigenvalue weighted by Gasteiger charge is 2.26. The highest BCUT2D eigenvalue weighted by atomic mass is 16.4. The predicted octanol–water partition coefficient (Wildman–Crippen LogP) is 0.583. The number of amides is 1. The lowest BCUT2D eigenvalue weighted by Gasteiger charge is -2.01. The summed E-state index contributed by atoms with van der Waals surface area (Å²) in [6, 6.07) is -0.0692. The molecule has 2 heterocycles. The summed E-state index contributed by atoms with van der Waals surface area (Å²) in [5.41, 5.74) is 0. The van der Waals surface area contributed by atoms with Crippen molar-refractivity contribution in [3.05, 3.63) is 11.8 Å². The van der Waals surface area contributed by atoms with E-state index in [1.54, 1.807) is 0 Å². The largest absolute Gasteiger partial charge is 0.423 e. The molecule has 1 unspecified atom stereocenters. The highest BCUT2D eigenvalue weighted by Crippen LogP contribution is 2.22. The van der Waals surface area contributed by atoms with Crippen LogP contribution in [0.25, 0.3) is 0 Å². The molecule has 1 saturated heterocycles. The van der Waals surface area contributed by atoms with Gasteiger partial charge >= 0.3 is 0 Å².